The average molecular weight is 395 g/mol. The lowest BCUT2D eigenvalue weighted by Gasteiger charge is -2.28. The molecule has 1 saturated heterocycles. The molecular weight excluding hydrogens is 372 g/mol. The van der Waals surface area contributed by atoms with Gasteiger partial charge in [0.15, 0.2) is 5.82 Å². The number of hydrogen-bond acceptors (Lipinski definition) is 6. The van der Waals surface area contributed by atoms with Crippen molar-refractivity contribution in [2.75, 3.05) is 29.1 Å². The van der Waals surface area contributed by atoms with Gasteiger partial charge in [-0.1, -0.05) is 11.8 Å². The fourth-order valence-corrected chi connectivity index (χ4v) is 3.78. The van der Waals surface area contributed by atoms with Gasteiger partial charge in [0, 0.05) is 42.4 Å². The number of aromatic amines is 1. The van der Waals surface area contributed by atoms with Crippen LogP contribution in [-0.2, 0) is 4.79 Å². The minimum atomic E-state index is -0.0778. The summed E-state index contributed by atoms with van der Waals surface area (Å²) in [6.45, 7) is 2.22. The second kappa shape index (κ2) is 8.88. The van der Waals surface area contributed by atoms with Crippen LogP contribution in [0.15, 0.2) is 53.9 Å². The summed E-state index contributed by atoms with van der Waals surface area (Å²) in [5.41, 5.74) is 2.93. The summed E-state index contributed by atoms with van der Waals surface area (Å²) in [6, 6.07) is 11.8. The van der Waals surface area contributed by atoms with Crippen LogP contribution in [-0.4, -0.2) is 44.9 Å². The largest absolute Gasteiger partial charge is 0.372 e. The molecule has 1 fully saturated rings. The maximum atomic E-state index is 12.2. The number of rotatable bonds is 6. The molecule has 3 heterocycles. The molecule has 0 aliphatic carbocycles. The number of piperidine rings is 1. The van der Waals surface area contributed by atoms with Crippen molar-refractivity contribution in [2.45, 2.75) is 24.4 Å². The Morgan fingerprint density at radius 1 is 1.07 bits per heavy atom. The third-order valence-corrected chi connectivity index (χ3v) is 5.47. The maximum absolute atomic E-state index is 12.2. The predicted octanol–water partition coefficient (Wildman–Crippen LogP) is 3.59. The Morgan fingerprint density at radius 3 is 2.57 bits per heavy atom. The number of amides is 1. The zero-order chi connectivity index (χ0) is 19.2. The highest BCUT2D eigenvalue weighted by atomic mass is 32.2. The van der Waals surface area contributed by atoms with E-state index in [0.29, 0.717) is 11.0 Å². The first-order chi connectivity index (χ1) is 13.8. The number of hydrogen-bond donors (Lipinski definition) is 2. The predicted molar refractivity (Wildman–Crippen MR) is 111 cm³/mol. The molecule has 8 heteroatoms. The number of carbonyl (C=O) groups excluding carboxylic acids is 1. The van der Waals surface area contributed by atoms with Crippen LogP contribution in [0.5, 0.6) is 0 Å². The number of benzene rings is 1. The minimum Gasteiger partial charge on any atom is -0.372 e. The molecule has 7 nitrogen and oxygen atoms in total. The second-order valence-electron chi connectivity index (χ2n) is 6.63. The summed E-state index contributed by atoms with van der Waals surface area (Å²) in [7, 11) is 0. The van der Waals surface area contributed by atoms with E-state index in [-0.39, 0.29) is 11.7 Å². The zero-order valence-electron chi connectivity index (χ0n) is 15.5. The van der Waals surface area contributed by atoms with Crippen molar-refractivity contribution in [2.24, 2.45) is 0 Å². The summed E-state index contributed by atoms with van der Waals surface area (Å²) >= 11 is 1.30. The van der Waals surface area contributed by atoms with Crippen LogP contribution in [0.3, 0.4) is 0 Å². The van der Waals surface area contributed by atoms with E-state index in [1.54, 1.807) is 12.4 Å². The molecule has 0 unspecified atom stereocenters. The summed E-state index contributed by atoms with van der Waals surface area (Å²) < 4.78 is 0. The Bertz CT molecular complexity index is 906. The molecule has 4 rings (SSSR count). The number of anilines is 2. The van der Waals surface area contributed by atoms with E-state index >= 15 is 0 Å². The van der Waals surface area contributed by atoms with Gasteiger partial charge in [-0.2, -0.15) is 0 Å². The zero-order valence-corrected chi connectivity index (χ0v) is 16.3. The molecule has 1 aliphatic heterocycles. The number of nitrogens with zero attached hydrogens (tertiary/aromatic N) is 4. The van der Waals surface area contributed by atoms with Crippen LogP contribution in [0.25, 0.3) is 11.4 Å². The van der Waals surface area contributed by atoms with Gasteiger partial charge in [0.25, 0.3) is 0 Å². The molecule has 1 amide bonds. The topological polar surface area (TPSA) is 86.8 Å². The van der Waals surface area contributed by atoms with E-state index in [1.165, 1.54) is 36.7 Å². The first-order valence-corrected chi connectivity index (χ1v) is 10.4. The van der Waals surface area contributed by atoms with Gasteiger partial charge in [-0.05, 0) is 55.7 Å². The number of nitrogens with one attached hydrogen (secondary N) is 2. The van der Waals surface area contributed by atoms with Gasteiger partial charge >= 0.3 is 0 Å². The molecule has 28 heavy (non-hydrogen) atoms. The van der Waals surface area contributed by atoms with Crippen molar-refractivity contribution in [1.29, 1.82) is 0 Å². The Balaban J connectivity index is 1.28. The summed E-state index contributed by atoms with van der Waals surface area (Å²) in [5.74, 6) is 0.839. The lowest BCUT2D eigenvalue weighted by Crippen LogP contribution is -2.29. The minimum absolute atomic E-state index is 0.0778. The summed E-state index contributed by atoms with van der Waals surface area (Å²) in [6.07, 6.45) is 7.22. The quantitative estimate of drug-likeness (QED) is 0.622. The highest BCUT2D eigenvalue weighted by molar-refractivity contribution is 7.99. The van der Waals surface area contributed by atoms with Crippen LogP contribution in [0.1, 0.15) is 19.3 Å². The molecule has 0 saturated carbocycles. The van der Waals surface area contributed by atoms with Crippen LogP contribution >= 0.6 is 11.8 Å². The lowest BCUT2D eigenvalue weighted by molar-refractivity contribution is -0.113. The van der Waals surface area contributed by atoms with Gasteiger partial charge < -0.3 is 10.2 Å². The van der Waals surface area contributed by atoms with Gasteiger partial charge in [-0.3, -0.25) is 14.9 Å². The molecule has 2 N–H and O–H groups in total. The molecule has 1 aromatic carbocycles. The number of carbonyl (C=O) groups is 1. The van der Waals surface area contributed by atoms with E-state index in [2.05, 4.69) is 42.5 Å². The highest BCUT2D eigenvalue weighted by Crippen LogP contribution is 2.22. The molecule has 0 atom stereocenters. The van der Waals surface area contributed by atoms with Crippen molar-refractivity contribution >= 4 is 29.0 Å². The van der Waals surface area contributed by atoms with Crippen molar-refractivity contribution in [3.05, 3.63) is 48.8 Å². The monoisotopic (exact) mass is 394 g/mol. The van der Waals surface area contributed by atoms with E-state index in [4.69, 9.17) is 0 Å². The molecule has 0 radical (unpaired) electrons. The Morgan fingerprint density at radius 2 is 1.82 bits per heavy atom. The molecule has 3 aromatic rings. The lowest BCUT2D eigenvalue weighted by atomic mass is 10.1. The average Bonchev–Trinajstić information content (AvgIpc) is 3.23. The normalized spacial score (nSPS) is 14.1. The van der Waals surface area contributed by atoms with Gasteiger partial charge in [0.1, 0.15) is 0 Å². The van der Waals surface area contributed by atoms with Gasteiger partial charge in [0.2, 0.25) is 11.1 Å². The van der Waals surface area contributed by atoms with Crippen LogP contribution in [0.2, 0.25) is 0 Å². The van der Waals surface area contributed by atoms with Crippen LogP contribution in [0, 0.1) is 0 Å². The molecule has 1 aliphatic rings. The Kier molecular flexibility index (Phi) is 5.86. The van der Waals surface area contributed by atoms with E-state index in [9.17, 15) is 4.79 Å². The Hall–Kier alpha value is -2.87. The fraction of sp³-hybridized carbons (Fsp3) is 0.300. The first kappa shape index (κ1) is 18.5. The molecule has 0 spiro atoms. The number of H-pyrrole nitrogens is 1. The van der Waals surface area contributed by atoms with Crippen LogP contribution < -0.4 is 10.2 Å². The van der Waals surface area contributed by atoms with E-state index in [1.807, 2.05) is 24.3 Å². The van der Waals surface area contributed by atoms with Gasteiger partial charge in [-0.15, -0.1) is 5.10 Å². The van der Waals surface area contributed by atoms with Gasteiger partial charge in [0.05, 0.1) is 5.75 Å². The second-order valence-corrected chi connectivity index (χ2v) is 7.58. The third kappa shape index (κ3) is 4.69. The van der Waals surface area contributed by atoms with Crippen molar-refractivity contribution < 1.29 is 4.79 Å². The first-order valence-electron chi connectivity index (χ1n) is 9.38. The van der Waals surface area contributed by atoms with Crippen molar-refractivity contribution in [3.8, 4) is 11.4 Å². The van der Waals surface area contributed by atoms with E-state index in [0.717, 1.165) is 24.3 Å². The summed E-state index contributed by atoms with van der Waals surface area (Å²) in [5, 5.41) is 10.5. The standard InChI is InChI=1S/C20H22N6OS/c27-18(14-28-20-23-19(24-25-20)15-8-10-21-11-9-15)22-16-4-6-17(7-5-16)26-12-2-1-3-13-26/h4-11H,1-3,12-14H2,(H,22,27)(H,23,24,25). The molecule has 2 aromatic heterocycles. The molecule has 0 bridgehead atoms. The summed E-state index contributed by atoms with van der Waals surface area (Å²) in [4.78, 5) is 23.0. The Labute approximate surface area is 168 Å². The van der Waals surface area contributed by atoms with Crippen molar-refractivity contribution in [1.82, 2.24) is 20.2 Å². The van der Waals surface area contributed by atoms with Gasteiger partial charge in [-0.25, -0.2) is 4.98 Å². The van der Waals surface area contributed by atoms with Crippen molar-refractivity contribution in [3.63, 3.8) is 0 Å². The number of thioether (sulfide) groups is 1. The smallest absolute Gasteiger partial charge is 0.234 e. The SMILES string of the molecule is O=C(CSc1n[nH]c(-c2ccncc2)n1)Nc1ccc(N2CCCCC2)cc1. The van der Waals surface area contributed by atoms with E-state index < -0.39 is 0 Å². The number of aromatic nitrogens is 4. The highest BCUT2D eigenvalue weighted by Gasteiger charge is 2.12. The van der Waals surface area contributed by atoms with Crippen LogP contribution in [0.4, 0.5) is 11.4 Å². The third-order valence-electron chi connectivity index (χ3n) is 4.62. The fourth-order valence-electron chi connectivity index (χ4n) is 3.18. The maximum Gasteiger partial charge on any atom is 0.234 e. The number of pyridine rings is 1. The molecule has 144 valence electrons. The molecular formula is C20H22N6OS.